The third kappa shape index (κ3) is 5.04. The van der Waals surface area contributed by atoms with Gasteiger partial charge in [0.25, 0.3) is 11.8 Å². The molecule has 2 aliphatic carbocycles. The van der Waals surface area contributed by atoms with E-state index >= 15 is 4.79 Å². The Morgan fingerprint density at radius 3 is 2.43 bits per heavy atom. The first-order valence-corrected chi connectivity index (χ1v) is 17.1. The van der Waals surface area contributed by atoms with Crippen LogP contribution >= 0.6 is 23.2 Å². The van der Waals surface area contributed by atoms with Gasteiger partial charge in [-0.25, -0.2) is 4.79 Å². The van der Waals surface area contributed by atoms with Crippen LogP contribution in [0.5, 0.6) is 11.5 Å². The Morgan fingerprint density at radius 1 is 1.02 bits per heavy atom. The van der Waals surface area contributed by atoms with E-state index < -0.39 is 64.7 Å². The number of imide groups is 4. The summed E-state index contributed by atoms with van der Waals surface area (Å²) in [7, 11) is 2.60. The van der Waals surface area contributed by atoms with Crippen molar-refractivity contribution in [3.63, 3.8) is 0 Å². The topological polar surface area (TPSA) is 143 Å². The summed E-state index contributed by atoms with van der Waals surface area (Å²) < 4.78 is 10.2. The van der Waals surface area contributed by atoms with Gasteiger partial charge in [-0.2, -0.15) is 9.91 Å². The van der Waals surface area contributed by atoms with E-state index in [1.54, 1.807) is 60.7 Å². The molecule has 2 saturated heterocycles. The van der Waals surface area contributed by atoms with Crippen molar-refractivity contribution < 1.29 is 38.6 Å². The number of amides is 5. The SMILES string of the molecule is C=CCc1cccc(C2C3=CCC4C(=O)N(C(=O)OC)C(=O)C4C3CC3C(=O)N(Nc4ccc(Cl)cc4Cl)C(=O)C32c2ccc(OC)cc2)c1O. The highest BCUT2D eigenvalue weighted by Gasteiger charge is 2.71. The lowest BCUT2D eigenvalue weighted by atomic mass is 9.49. The number of ether oxygens (including phenoxy) is 2. The Morgan fingerprint density at radius 2 is 1.76 bits per heavy atom. The lowest BCUT2D eigenvalue weighted by molar-refractivity contribution is -0.140. The third-order valence-corrected chi connectivity index (χ3v) is 11.3. The molecule has 0 spiro atoms. The van der Waals surface area contributed by atoms with E-state index in [1.807, 2.05) is 6.08 Å². The van der Waals surface area contributed by atoms with Crippen LogP contribution in [0.3, 0.4) is 0 Å². The number of anilines is 1. The Labute approximate surface area is 303 Å². The molecule has 262 valence electrons. The van der Waals surface area contributed by atoms with Crippen LogP contribution in [-0.2, 0) is 35.8 Å². The number of hydrazine groups is 1. The molecule has 0 radical (unpaired) electrons. The molecule has 3 aromatic rings. The van der Waals surface area contributed by atoms with E-state index in [9.17, 15) is 24.3 Å². The van der Waals surface area contributed by atoms with Gasteiger partial charge in [-0.15, -0.1) is 6.58 Å². The number of benzene rings is 3. The number of phenolic OH excluding ortho intramolecular Hbond substituents is 1. The minimum Gasteiger partial charge on any atom is -0.507 e. The Balaban J connectivity index is 1.49. The van der Waals surface area contributed by atoms with Gasteiger partial charge in [0.15, 0.2) is 0 Å². The normalized spacial score (nSPS) is 26.7. The van der Waals surface area contributed by atoms with Crippen LogP contribution < -0.4 is 10.2 Å². The minimum absolute atomic E-state index is 0.0201. The van der Waals surface area contributed by atoms with E-state index in [-0.39, 0.29) is 29.3 Å². The van der Waals surface area contributed by atoms with Crippen LogP contribution in [0.1, 0.15) is 35.4 Å². The smallest absolute Gasteiger partial charge is 0.423 e. The van der Waals surface area contributed by atoms with Crippen molar-refractivity contribution in [2.24, 2.45) is 23.7 Å². The highest BCUT2D eigenvalue weighted by atomic mass is 35.5. The zero-order chi connectivity index (χ0) is 36.4. The minimum atomic E-state index is -1.66. The van der Waals surface area contributed by atoms with E-state index in [1.165, 1.54) is 13.2 Å². The van der Waals surface area contributed by atoms with Gasteiger partial charge >= 0.3 is 6.09 Å². The number of fused-ring (bicyclic) bond motifs is 4. The number of para-hydroxylation sites is 1. The average Bonchev–Trinajstić information content (AvgIpc) is 3.51. The van der Waals surface area contributed by atoms with Gasteiger partial charge < -0.3 is 14.6 Å². The molecule has 0 aromatic heterocycles. The molecule has 7 rings (SSSR count). The summed E-state index contributed by atoms with van der Waals surface area (Å²) in [5, 5.41) is 13.4. The largest absolute Gasteiger partial charge is 0.507 e. The van der Waals surface area contributed by atoms with Crippen LogP contribution in [0.25, 0.3) is 0 Å². The van der Waals surface area contributed by atoms with Gasteiger partial charge in [0.05, 0.1) is 48.1 Å². The maximum atomic E-state index is 15.3. The van der Waals surface area contributed by atoms with Gasteiger partial charge in [-0.05, 0) is 66.6 Å². The van der Waals surface area contributed by atoms with Crippen molar-refractivity contribution in [1.29, 1.82) is 0 Å². The first-order valence-electron chi connectivity index (χ1n) is 16.3. The number of rotatable bonds is 7. The Bertz CT molecular complexity index is 2050. The summed E-state index contributed by atoms with van der Waals surface area (Å²) in [6.45, 7) is 3.82. The van der Waals surface area contributed by atoms with Crippen LogP contribution in [0.2, 0.25) is 10.0 Å². The van der Waals surface area contributed by atoms with Crippen molar-refractivity contribution >= 4 is 58.6 Å². The Hall–Kier alpha value is -5.13. The molecule has 4 aliphatic rings. The number of carbonyl (C=O) groups excluding carboxylic acids is 5. The van der Waals surface area contributed by atoms with E-state index in [4.69, 9.17) is 32.7 Å². The monoisotopic (exact) mass is 729 g/mol. The molecule has 0 bridgehead atoms. The first kappa shape index (κ1) is 34.3. The van der Waals surface area contributed by atoms with Gasteiger partial charge in [-0.1, -0.05) is 71.3 Å². The summed E-state index contributed by atoms with van der Waals surface area (Å²) >= 11 is 12.6. The molecule has 2 N–H and O–H groups in total. The number of hydrogen-bond donors (Lipinski definition) is 2. The predicted molar refractivity (Wildman–Crippen MR) is 187 cm³/mol. The van der Waals surface area contributed by atoms with Gasteiger partial charge in [-0.3, -0.25) is 24.6 Å². The number of likely N-dealkylation sites (tertiary alicyclic amines) is 1. The molecule has 6 atom stereocenters. The highest BCUT2D eigenvalue weighted by Crippen LogP contribution is 2.65. The first-order chi connectivity index (χ1) is 24.5. The molecule has 2 heterocycles. The standard InChI is InChI=1S/C38H33Cl2N3O8/c1-4-6-19-7-5-8-25(32(19)44)31-23-14-15-24-30(35(47)42(33(24)45)37(49)51-3)26(23)18-27-34(46)43(41-29-16-11-21(39)17-28(29)40)36(48)38(27,31)20-9-12-22(50-2)13-10-20/h4-5,7-14,16-17,24,26-27,30-31,41,44H,1,6,15,18H2,2-3H3. The fraction of sp³-hybridized carbons (Fsp3) is 0.289. The van der Waals surface area contributed by atoms with Crippen molar-refractivity contribution in [3.8, 4) is 11.5 Å². The zero-order valence-corrected chi connectivity index (χ0v) is 29.1. The summed E-state index contributed by atoms with van der Waals surface area (Å²) in [5.41, 5.74) is 3.51. The zero-order valence-electron chi connectivity index (χ0n) is 27.6. The van der Waals surface area contributed by atoms with Crippen LogP contribution in [0, 0.1) is 23.7 Å². The fourth-order valence-corrected chi connectivity index (χ4v) is 9.07. The summed E-state index contributed by atoms with van der Waals surface area (Å²) in [4.78, 5) is 70.8. The number of phenols is 1. The summed E-state index contributed by atoms with van der Waals surface area (Å²) in [6, 6.07) is 16.6. The average molecular weight is 731 g/mol. The molecular formula is C38H33Cl2N3O8. The molecular weight excluding hydrogens is 697 g/mol. The second-order valence-electron chi connectivity index (χ2n) is 13.0. The fourth-order valence-electron chi connectivity index (χ4n) is 8.62. The molecule has 5 amide bonds. The number of allylic oxidation sites excluding steroid dienone is 3. The van der Waals surface area contributed by atoms with E-state index in [0.29, 0.717) is 44.4 Å². The highest BCUT2D eigenvalue weighted by molar-refractivity contribution is 6.36. The summed E-state index contributed by atoms with van der Waals surface area (Å²) in [5.74, 6) is -6.95. The van der Waals surface area contributed by atoms with Crippen molar-refractivity contribution in [1.82, 2.24) is 9.91 Å². The van der Waals surface area contributed by atoms with Crippen molar-refractivity contribution in [3.05, 3.63) is 112 Å². The third-order valence-electron chi connectivity index (χ3n) is 10.8. The lowest BCUT2D eigenvalue weighted by Crippen LogP contribution is -2.53. The van der Waals surface area contributed by atoms with Crippen molar-refractivity contribution in [2.75, 3.05) is 19.6 Å². The second kappa shape index (κ2) is 12.9. The van der Waals surface area contributed by atoms with Crippen molar-refractivity contribution in [2.45, 2.75) is 30.6 Å². The molecule has 2 aliphatic heterocycles. The maximum Gasteiger partial charge on any atom is 0.423 e. The molecule has 1 saturated carbocycles. The number of hydrogen-bond acceptors (Lipinski definition) is 9. The number of nitrogens with one attached hydrogen (secondary N) is 1. The van der Waals surface area contributed by atoms with Gasteiger partial charge in [0.2, 0.25) is 11.8 Å². The molecule has 6 unspecified atom stereocenters. The molecule has 13 heteroatoms. The van der Waals surface area contributed by atoms with Crippen LogP contribution in [-0.4, -0.2) is 59.0 Å². The summed E-state index contributed by atoms with van der Waals surface area (Å²) in [6.07, 6.45) is 2.77. The maximum absolute atomic E-state index is 15.3. The lowest BCUT2D eigenvalue weighted by Gasteiger charge is -2.50. The second-order valence-corrected chi connectivity index (χ2v) is 13.9. The molecule has 3 fully saturated rings. The molecule has 51 heavy (non-hydrogen) atoms. The number of methoxy groups -OCH3 is 2. The number of halogens is 2. The van der Waals surface area contributed by atoms with Gasteiger partial charge in [0, 0.05) is 16.5 Å². The number of nitrogens with zero attached hydrogens (tertiary/aromatic N) is 2. The molecule has 11 nitrogen and oxygen atoms in total. The number of carbonyl (C=O) groups is 5. The van der Waals surface area contributed by atoms with E-state index in [2.05, 4.69) is 12.0 Å². The quantitative estimate of drug-likeness (QED) is 0.215. The van der Waals surface area contributed by atoms with Crippen LogP contribution in [0.15, 0.2) is 85.0 Å². The van der Waals surface area contributed by atoms with E-state index in [0.717, 1.165) is 12.1 Å². The van der Waals surface area contributed by atoms with Crippen LogP contribution in [0.4, 0.5) is 10.5 Å². The Kier molecular flexibility index (Phi) is 8.67. The predicted octanol–water partition coefficient (Wildman–Crippen LogP) is 6.19. The molecule has 3 aromatic carbocycles. The van der Waals surface area contributed by atoms with Gasteiger partial charge in [0.1, 0.15) is 11.5 Å². The number of aromatic hydroxyl groups is 1.